The molecule has 0 saturated carbocycles. The van der Waals surface area contributed by atoms with Gasteiger partial charge in [0.15, 0.2) is 0 Å². The average molecular weight is 219 g/mol. The van der Waals surface area contributed by atoms with Crippen LogP contribution in [0.1, 0.15) is 39.4 Å². The molecule has 0 aliphatic rings. The largest absolute Gasteiger partial charge is 0.334 e. The minimum Gasteiger partial charge on any atom is -0.334 e. The lowest BCUT2D eigenvalue weighted by molar-refractivity contribution is 0.342. The molecule has 2 atom stereocenters. The third kappa shape index (κ3) is 3.12. The monoisotopic (exact) mass is 219 g/mol. The van der Waals surface area contributed by atoms with Crippen molar-refractivity contribution in [3.05, 3.63) is 5.82 Å². The van der Waals surface area contributed by atoms with E-state index in [1.165, 1.54) is 0 Å². The Morgan fingerprint density at radius 3 is 2.62 bits per heavy atom. The Bertz CT molecular complexity index is 380. The van der Waals surface area contributed by atoms with Gasteiger partial charge in [-0.2, -0.15) is 10.5 Å². The van der Waals surface area contributed by atoms with Gasteiger partial charge in [0.05, 0.1) is 12.1 Å². The van der Waals surface area contributed by atoms with E-state index in [0.29, 0.717) is 5.82 Å². The van der Waals surface area contributed by atoms with Crippen molar-refractivity contribution in [2.75, 3.05) is 0 Å². The minimum atomic E-state index is -0.570. The fraction of sp³-hybridized carbons (Fsp3) is 0.700. The minimum absolute atomic E-state index is 0.0693. The van der Waals surface area contributed by atoms with Gasteiger partial charge >= 0.3 is 0 Å². The molecule has 1 unspecified atom stereocenters. The molecule has 1 aromatic heterocycles. The number of rotatable bonds is 3. The van der Waals surface area contributed by atoms with Gasteiger partial charge in [0.2, 0.25) is 0 Å². The Balaban J connectivity index is 2.73. The van der Waals surface area contributed by atoms with Crippen LogP contribution >= 0.6 is 0 Å². The van der Waals surface area contributed by atoms with Gasteiger partial charge in [-0.1, -0.05) is 20.8 Å². The number of aromatic nitrogens is 4. The van der Waals surface area contributed by atoms with Crippen LogP contribution in [-0.4, -0.2) is 27.8 Å². The zero-order valence-electron chi connectivity index (χ0n) is 9.92. The van der Waals surface area contributed by atoms with Crippen LogP contribution < -0.4 is 5.10 Å². The molecule has 0 saturated heterocycles. The molecule has 6 nitrogen and oxygen atoms in total. The third-order valence-corrected chi connectivity index (χ3v) is 2.46. The summed E-state index contributed by atoms with van der Waals surface area (Å²) in [6, 6.07) is 2.18. The smallest absolute Gasteiger partial charge is 0.113 e. The molecule has 0 N–H and O–H groups in total. The van der Waals surface area contributed by atoms with Crippen LogP contribution in [0.3, 0.4) is 0 Å². The van der Waals surface area contributed by atoms with Crippen molar-refractivity contribution >= 4 is 6.21 Å². The maximum absolute atomic E-state index is 8.94. The normalized spacial score (nSPS) is 15.9. The van der Waals surface area contributed by atoms with Gasteiger partial charge in [0.1, 0.15) is 5.92 Å². The summed E-state index contributed by atoms with van der Waals surface area (Å²) in [4.78, 5) is 4.34. The Labute approximate surface area is 94.8 Å². The Kier molecular flexibility index (Phi) is 3.72. The number of aliphatic imine (C=N–C) groups is 1. The highest BCUT2D eigenvalue weighted by molar-refractivity contribution is 5.70. The fourth-order valence-corrected chi connectivity index (χ4v) is 0.873. The summed E-state index contributed by atoms with van der Waals surface area (Å²) >= 11 is 0. The molecule has 0 radical (unpaired) electrons. The molecule has 0 bridgehead atoms. The Morgan fingerprint density at radius 1 is 1.50 bits per heavy atom. The Hall–Kier alpha value is -1.77. The molecule has 0 aliphatic carbocycles. The topological polar surface area (TPSA) is 88.9 Å². The van der Waals surface area contributed by atoms with E-state index in [9.17, 15) is 0 Å². The lowest BCUT2D eigenvalue weighted by Gasteiger charge is -2.23. The summed E-state index contributed by atoms with van der Waals surface area (Å²) in [6.07, 6.45) is 1.56. The maximum Gasteiger partial charge on any atom is 0.113 e. The SMILES string of the molecule is C[C@H](N=CC(C#N)c1nnn[n-]1)C(C)(C)C. The zero-order valence-corrected chi connectivity index (χ0v) is 9.92. The second kappa shape index (κ2) is 4.84. The summed E-state index contributed by atoms with van der Waals surface area (Å²) in [5.74, 6) is -0.271. The van der Waals surface area contributed by atoms with Crippen LogP contribution in [0, 0.1) is 16.7 Å². The van der Waals surface area contributed by atoms with E-state index in [0.717, 1.165) is 0 Å². The van der Waals surface area contributed by atoms with Gasteiger partial charge in [-0.25, -0.2) is 0 Å². The third-order valence-electron chi connectivity index (χ3n) is 2.46. The first-order valence-electron chi connectivity index (χ1n) is 5.06. The van der Waals surface area contributed by atoms with Gasteiger partial charge in [0, 0.05) is 12.0 Å². The highest BCUT2D eigenvalue weighted by Crippen LogP contribution is 2.21. The first-order valence-corrected chi connectivity index (χ1v) is 5.06. The Morgan fingerprint density at radius 2 is 2.19 bits per heavy atom. The van der Waals surface area contributed by atoms with Crippen LogP contribution in [0.4, 0.5) is 0 Å². The number of hydrogen-bond donors (Lipinski definition) is 0. The summed E-state index contributed by atoms with van der Waals surface area (Å²) in [7, 11) is 0. The number of hydrogen-bond acceptors (Lipinski definition) is 5. The highest BCUT2D eigenvalue weighted by atomic mass is 15.5. The van der Waals surface area contributed by atoms with Gasteiger partial charge in [-0.05, 0) is 12.3 Å². The molecule has 16 heavy (non-hydrogen) atoms. The molecule has 0 fully saturated rings. The van der Waals surface area contributed by atoms with E-state index < -0.39 is 5.92 Å². The molecule has 6 heteroatoms. The van der Waals surface area contributed by atoms with Crippen molar-refractivity contribution in [2.45, 2.75) is 39.7 Å². The molecule has 1 aromatic rings. The second-order valence-electron chi connectivity index (χ2n) is 4.68. The van der Waals surface area contributed by atoms with Crippen LogP contribution in [0.25, 0.3) is 0 Å². The van der Waals surface area contributed by atoms with E-state index in [1.807, 2.05) is 6.92 Å². The van der Waals surface area contributed by atoms with Gasteiger partial charge < -0.3 is 5.10 Å². The van der Waals surface area contributed by atoms with Crippen molar-refractivity contribution in [1.82, 2.24) is 20.6 Å². The molecule has 86 valence electrons. The predicted molar refractivity (Wildman–Crippen MR) is 58.9 cm³/mol. The van der Waals surface area contributed by atoms with Crippen molar-refractivity contribution in [3.63, 3.8) is 0 Å². The standard InChI is InChI=1S/C10H15N6/c1-7(10(2,3)4)12-6-8(5-11)9-13-15-16-14-9/h6-8H,1-4H3/q-1/t7-,8?/m0/s1. The zero-order chi connectivity index (χ0) is 12.2. The van der Waals surface area contributed by atoms with E-state index in [1.54, 1.807) is 6.21 Å². The summed E-state index contributed by atoms with van der Waals surface area (Å²) in [6.45, 7) is 8.29. The quantitative estimate of drug-likeness (QED) is 0.706. The lowest BCUT2D eigenvalue weighted by Crippen LogP contribution is -2.21. The van der Waals surface area contributed by atoms with Crippen LogP contribution in [0.5, 0.6) is 0 Å². The van der Waals surface area contributed by atoms with Gasteiger partial charge in [-0.15, -0.1) is 0 Å². The molecular weight excluding hydrogens is 204 g/mol. The summed E-state index contributed by atoms with van der Waals surface area (Å²) < 4.78 is 0. The van der Waals surface area contributed by atoms with Crippen LogP contribution in [0.15, 0.2) is 4.99 Å². The summed E-state index contributed by atoms with van der Waals surface area (Å²) in [5, 5.41) is 22.9. The first-order chi connectivity index (χ1) is 7.45. The molecule has 0 spiro atoms. The average Bonchev–Trinajstić information content (AvgIpc) is 2.70. The number of nitriles is 1. The van der Waals surface area contributed by atoms with Crippen molar-refractivity contribution in [1.29, 1.82) is 5.26 Å². The lowest BCUT2D eigenvalue weighted by atomic mass is 9.88. The molecule has 1 rings (SSSR count). The van der Waals surface area contributed by atoms with Crippen molar-refractivity contribution in [2.24, 2.45) is 10.4 Å². The van der Waals surface area contributed by atoms with E-state index in [4.69, 9.17) is 5.26 Å². The molecule has 0 aromatic carbocycles. The van der Waals surface area contributed by atoms with E-state index >= 15 is 0 Å². The second-order valence-corrected chi connectivity index (χ2v) is 4.68. The molecule has 0 amide bonds. The van der Waals surface area contributed by atoms with Crippen LogP contribution in [-0.2, 0) is 0 Å². The van der Waals surface area contributed by atoms with E-state index in [-0.39, 0.29) is 11.5 Å². The maximum atomic E-state index is 8.94. The molecule has 1 heterocycles. The molecular formula is C10H15N6-. The van der Waals surface area contributed by atoms with Crippen LogP contribution in [0.2, 0.25) is 0 Å². The molecule has 0 aliphatic heterocycles. The number of nitrogens with zero attached hydrogens (tertiary/aromatic N) is 6. The van der Waals surface area contributed by atoms with Crippen molar-refractivity contribution < 1.29 is 0 Å². The van der Waals surface area contributed by atoms with Gasteiger partial charge in [0.25, 0.3) is 0 Å². The van der Waals surface area contributed by atoms with Crippen molar-refractivity contribution in [3.8, 4) is 6.07 Å². The number of tetrazole rings is 1. The van der Waals surface area contributed by atoms with E-state index in [2.05, 4.69) is 52.5 Å². The van der Waals surface area contributed by atoms with Gasteiger partial charge in [-0.3, -0.25) is 15.3 Å². The summed E-state index contributed by atoms with van der Waals surface area (Å²) in [5.41, 5.74) is 0.0693. The predicted octanol–water partition coefficient (Wildman–Crippen LogP) is 0.941. The fourth-order valence-electron chi connectivity index (χ4n) is 0.873. The highest BCUT2D eigenvalue weighted by Gasteiger charge is 2.18. The first kappa shape index (κ1) is 12.3.